The van der Waals surface area contributed by atoms with Gasteiger partial charge in [0.2, 0.25) is 15.9 Å². The number of carbonyl (C=O) groups is 3. The van der Waals surface area contributed by atoms with E-state index in [1.54, 1.807) is 36.4 Å². The highest BCUT2D eigenvalue weighted by molar-refractivity contribution is 7.89. The van der Waals surface area contributed by atoms with Crippen LogP contribution < -0.4 is 10.0 Å². The first-order valence-electron chi connectivity index (χ1n) is 9.58. The van der Waals surface area contributed by atoms with E-state index in [-0.39, 0.29) is 35.7 Å². The van der Waals surface area contributed by atoms with Gasteiger partial charge in [-0.15, -0.1) is 0 Å². The van der Waals surface area contributed by atoms with Crippen molar-refractivity contribution in [3.05, 3.63) is 65.2 Å². The van der Waals surface area contributed by atoms with Crippen molar-refractivity contribution in [1.82, 2.24) is 14.9 Å². The fourth-order valence-electron chi connectivity index (χ4n) is 3.16. The molecule has 31 heavy (non-hydrogen) atoms. The van der Waals surface area contributed by atoms with Crippen molar-refractivity contribution in [3.8, 4) is 0 Å². The number of imide groups is 1. The van der Waals surface area contributed by atoms with Crippen molar-refractivity contribution in [2.75, 3.05) is 20.3 Å². The van der Waals surface area contributed by atoms with Gasteiger partial charge in [0, 0.05) is 20.2 Å². The third-order valence-electron chi connectivity index (χ3n) is 4.89. The quantitative estimate of drug-likeness (QED) is 0.437. The van der Waals surface area contributed by atoms with Crippen molar-refractivity contribution in [2.24, 2.45) is 0 Å². The van der Waals surface area contributed by atoms with E-state index in [0.717, 1.165) is 4.90 Å². The van der Waals surface area contributed by atoms with E-state index in [1.165, 1.54) is 26.2 Å². The molecule has 1 unspecified atom stereocenters. The number of methoxy groups -OCH3 is 1. The summed E-state index contributed by atoms with van der Waals surface area (Å²) >= 11 is 0. The maximum atomic E-state index is 12.5. The number of sulfonamides is 1. The van der Waals surface area contributed by atoms with Gasteiger partial charge in [0.25, 0.3) is 11.8 Å². The lowest BCUT2D eigenvalue weighted by Gasteiger charge is -2.21. The van der Waals surface area contributed by atoms with Crippen LogP contribution in [0.3, 0.4) is 0 Å². The second-order valence-corrected chi connectivity index (χ2v) is 8.72. The molecule has 1 aliphatic rings. The minimum atomic E-state index is -3.64. The molecule has 3 amide bonds. The molecule has 9 nitrogen and oxygen atoms in total. The summed E-state index contributed by atoms with van der Waals surface area (Å²) in [6.07, 6.45) is 0. The highest BCUT2D eigenvalue weighted by Gasteiger charge is 2.40. The molecule has 0 aromatic heterocycles. The Balaban J connectivity index is 1.60. The molecule has 0 radical (unpaired) electrons. The number of rotatable bonds is 9. The molecule has 0 fully saturated rings. The van der Waals surface area contributed by atoms with Crippen LogP contribution in [0.15, 0.2) is 53.4 Å². The lowest BCUT2D eigenvalue weighted by atomic mass is 10.1. The van der Waals surface area contributed by atoms with Gasteiger partial charge in [-0.1, -0.05) is 24.3 Å². The Hall–Kier alpha value is -3.08. The average Bonchev–Trinajstić information content (AvgIpc) is 3.02. The molecule has 2 aromatic rings. The van der Waals surface area contributed by atoms with Crippen LogP contribution in [0.5, 0.6) is 0 Å². The zero-order valence-electron chi connectivity index (χ0n) is 17.1. The van der Waals surface area contributed by atoms with Gasteiger partial charge in [-0.25, -0.2) is 13.1 Å². The number of amides is 3. The molecule has 0 aliphatic carbocycles. The maximum Gasteiger partial charge on any atom is 0.262 e. The van der Waals surface area contributed by atoms with E-state index in [4.69, 9.17) is 4.74 Å². The fourth-order valence-corrected chi connectivity index (χ4v) is 4.17. The Morgan fingerprint density at radius 1 is 1.03 bits per heavy atom. The highest BCUT2D eigenvalue weighted by atomic mass is 32.2. The molecule has 164 valence electrons. The highest BCUT2D eigenvalue weighted by Crippen LogP contribution is 2.24. The Bertz CT molecular complexity index is 1060. The smallest absolute Gasteiger partial charge is 0.262 e. The van der Waals surface area contributed by atoms with Crippen molar-refractivity contribution >= 4 is 27.7 Å². The molecule has 2 aromatic carbocycles. The standard InChI is InChI=1S/C21H23N3O6S/c1-14(24-20(26)17-5-3-4-6-18(17)21(24)27)19(25)22-13-15-7-9-16(10-8-15)31(28,29)23-11-12-30-2/h3-10,14,23H,11-13H2,1-2H3,(H,22,25). The van der Waals surface area contributed by atoms with E-state index in [1.807, 2.05) is 0 Å². The first kappa shape index (κ1) is 22.6. The van der Waals surface area contributed by atoms with Crippen LogP contribution in [0.2, 0.25) is 0 Å². The van der Waals surface area contributed by atoms with Gasteiger partial charge in [-0.3, -0.25) is 19.3 Å². The second kappa shape index (κ2) is 9.38. The van der Waals surface area contributed by atoms with Crippen molar-refractivity contribution in [1.29, 1.82) is 0 Å². The van der Waals surface area contributed by atoms with Gasteiger partial charge in [0.05, 0.1) is 22.6 Å². The zero-order chi connectivity index (χ0) is 22.6. The zero-order valence-corrected chi connectivity index (χ0v) is 17.9. The predicted molar refractivity (Wildman–Crippen MR) is 112 cm³/mol. The first-order valence-corrected chi connectivity index (χ1v) is 11.1. The SMILES string of the molecule is COCCNS(=O)(=O)c1ccc(CNC(=O)C(C)N2C(=O)c3ccccc3C2=O)cc1. The molecular weight excluding hydrogens is 422 g/mol. The number of benzene rings is 2. The van der Waals surface area contributed by atoms with E-state index < -0.39 is 33.8 Å². The third kappa shape index (κ3) is 4.82. The summed E-state index contributed by atoms with van der Waals surface area (Å²) in [6, 6.07) is 11.5. The fraction of sp³-hybridized carbons (Fsp3) is 0.286. The summed E-state index contributed by atoms with van der Waals surface area (Å²) in [5, 5.41) is 2.68. The van der Waals surface area contributed by atoms with Gasteiger partial charge < -0.3 is 10.1 Å². The minimum absolute atomic E-state index is 0.0954. The topological polar surface area (TPSA) is 122 Å². The molecule has 10 heteroatoms. The molecule has 3 rings (SSSR count). The van der Waals surface area contributed by atoms with Crippen LogP contribution in [-0.2, 0) is 26.1 Å². The number of nitrogens with one attached hydrogen (secondary N) is 2. The number of hydrogen-bond acceptors (Lipinski definition) is 6. The third-order valence-corrected chi connectivity index (χ3v) is 6.37. The normalized spacial score (nSPS) is 14.5. The van der Waals surface area contributed by atoms with Crippen LogP contribution >= 0.6 is 0 Å². The largest absolute Gasteiger partial charge is 0.383 e. The molecule has 0 spiro atoms. The molecule has 1 heterocycles. The molecule has 0 saturated carbocycles. The van der Waals surface area contributed by atoms with E-state index in [2.05, 4.69) is 10.0 Å². The number of hydrogen-bond donors (Lipinski definition) is 2. The van der Waals surface area contributed by atoms with Crippen molar-refractivity contribution < 1.29 is 27.5 Å². The number of fused-ring (bicyclic) bond motifs is 1. The Morgan fingerprint density at radius 2 is 1.61 bits per heavy atom. The van der Waals surface area contributed by atoms with E-state index in [0.29, 0.717) is 5.56 Å². The second-order valence-electron chi connectivity index (χ2n) is 6.95. The van der Waals surface area contributed by atoms with E-state index >= 15 is 0 Å². The summed E-state index contributed by atoms with van der Waals surface area (Å²) < 4.78 is 31.6. The molecule has 1 atom stereocenters. The Kier molecular flexibility index (Phi) is 6.84. The maximum absolute atomic E-state index is 12.5. The minimum Gasteiger partial charge on any atom is -0.383 e. The Labute approximate surface area is 180 Å². The summed E-state index contributed by atoms with van der Waals surface area (Å²) in [6.45, 7) is 2.02. The van der Waals surface area contributed by atoms with Crippen molar-refractivity contribution in [2.45, 2.75) is 24.4 Å². The van der Waals surface area contributed by atoms with Gasteiger partial charge in [-0.2, -0.15) is 0 Å². The van der Waals surface area contributed by atoms with Crippen LogP contribution in [0, 0.1) is 0 Å². The lowest BCUT2D eigenvalue weighted by Crippen LogP contribution is -2.47. The van der Waals surface area contributed by atoms with Gasteiger partial charge in [0.1, 0.15) is 6.04 Å². The molecule has 0 saturated heterocycles. The van der Waals surface area contributed by atoms with Gasteiger partial charge in [-0.05, 0) is 36.8 Å². The van der Waals surface area contributed by atoms with Gasteiger partial charge >= 0.3 is 0 Å². The summed E-state index contributed by atoms with van der Waals surface area (Å²) in [5.41, 5.74) is 1.23. The number of carbonyl (C=O) groups excluding carboxylic acids is 3. The molecule has 1 aliphatic heterocycles. The van der Waals surface area contributed by atoms with Crippen LogP contribution in [-0.4, -0.2) is 57.3 Å². The van der Waals surface area contributed by atoms with E-state index in [9.17, 15) is 22.8 Å². The first-order chi connectivity index (χ1) is 14.8. The summed E-state index contributed by atoms with van der Waals surface area (Å²) in [5.74, 6) is -1.50. The summed E-state index contributed by atoms with van der Waals surface area (Å²) in [7, 11) is -2.16. The van der Waals surface area contributed by atoms with Crippen LogP contribution in [0.1, 0.15) is 33.2 Å². The Morgan fingerprint density at radius 3 is 2.16 bits per heavy atom. The van der Waals surface area contributed by atoms with Gasteiger partial charge in [0.15, 0.2) is 0 Å². The monoisotopic (exact) mass is 445 g/mol. The lowest BCUT2D eigenvalue weighted by molar-refractivity contribution is -0.124. The van der Waals surface area contributed by atoms with Crippen LogP contribution in [0.25, 0.3) is 0 Å². The average molecular weight is 445 g/mol. The summed E-state index contributed by atoms with van der Waals surface area (Å²) in [4.78, 5) is 38.6. The molecule has 0 bridgehead atoms. The molecule has 2 N–H and O–H groups in total. The number of ether oxygens (including phenoxy) is 1. The predicted octanol–water partition coefficient (Wildman–Crippen LogP) is 0.912. The number of nitrogens with zero attached hydrogens (tertiary/aromatic N) is 1. The van der Waals surface area contributed by atoms with Crippen LogP contribution in [0.4, 0.5) is 0 Å². The molecular formula is C21H23N3O6S. The van der Waals surface area contributed by atoms with Crippen molar-refractivity contribution in [3.63, 3.8) is 0 Å².